The molecule has 0 N–H and O–H groups in total. The minimum Gasteiger partial charge on any atom is -0.464 e. The van der Waals surface area contributed by atoms with Gasteiger partial charge in [0.2, 0.25) is 5.54 Å². The molecule has 176 valence electrons. The Balaban J connectivity index is 2.37. The minimum absolute atomic E-state index is 0.0357. The number of rotatable bonds is 13. The summed E-state index contributed by atoms with van der Waals surface area (Å²) in [6, 6.07) is 6.19. The number of amides is 2. The average Bonchev–Trinajstić information content (AvgIpc) is 3.05. The summed E-state index contributed by atoms with van der Waals surface area (Å²) in [4.78, 5) is 55.5. The van der Waals surface area contributed by atoms with Crippen LogP contribution in [0.1, 0.15) is 54.8 Å². The number of imide groups is 1. The Morgan fingerprint density at radius 1 is 0.875 bits per heavy atom. The molecule has 0 bridgehead atoms. The quantitative estimate of drug-likeness (QED) is 0.195. The monoisotopic (exact) mass is 448 g/mol. The highest BCUT2D eigenvalue weighted by atomic mass is 16.6. The van der Waals surface area contributed by atoms with Gasteiger partial charge in [-0.05, 0) is 39.1 Å². The predicted octanol–water partition coefficient (Wildman–Crippen LogP) is 1.90. The average molecular weight is 449 g/mol. The van der Waals surface area contributed by atoms with Crippen LogP contribution in [0, 0.1) is 0 Å². The molecule has 0 aromatic heterocycles. The topological polar surface area (TPSA) is 102 Å². The Bertz CT molecular complexity index is 782. The normalized spacial score (nSPS) is 13.5. The fourth-order valence-corrected chi connectivity index (χ4v) is 3.67. The fourth-order valence-electron chi connectivity index (χ4n) is 3.67. The molecule has 0 aliphatic carbocycles. The van der Waals surface area contributed by atoms with Crippen molar-refractivity contribution in [2.75, 3.05) is 46.1 Å². The lowest BCUT2D eigenvalue weighted by Gasteiger charge is -2.35. The van der Waals surface area contributed by atoms with E-state index in [2.05, 4.69) is 4.90 Å². The standard InChI is InChI=1S/C23H32N2O7/c1-5-24(6-2)14-16-30-15-13-23(21(28)31-7-3,22(29)32-8-4)25-19(26)17-11-9-10-12-18(17)20(25)27/h9-12H,5-8,13-16H2,1-4H3. The Morgan fingerprint density at radius 3 is 1.81 bits per heavy atom. The highest BCUT2D eigenvalue weighted by Crippen LogP contribution is 2.34. The molecule has 0 fully saturated rings. The molecule has 1 aliphatic heterocycles. The number of nitrogens with zero attached hydrogens (tertiary/aromatic N) is 2. The van der Waals surface area contributed by atoms with Gasteiger partial charge in [-0.25, -0.2) is 14.5 Å². The maximum Gasteiger partial charge on any atom is 0.344 e. The number of hydrogen-bond acceptors (Lipinski definition) is 8. The summed E-state index contributed by atoms with van der Waals surface area (Å²) in [7, 11) is 0. The fraction of sp³-hybridized carbons (Fsp3) is 0.565. The van der Waals surface area contributed by atoms with E-state index in [4.69, 9.17) is 14.2 Å². The van der Waals surface area contributed by atoms with Crippen LogP contribution in [0.15, 0.2) is 24.3 Å². The third-order valence-corrected chi connectivity index (χ3v) is 5.46. The SMILES string of the molecule is CCOC(=O)C(CCOCCN(CC)CC)(C(=O)OCC)N1C(=O)c2ccccc2C1=O. The number of carbonyl (C=O) groups excluding carboxylic acids is 4. The van der Waals surface area contributed by atoms with Crippen LogP contribution in [-0.2, 0) is 23.8 Å². The van der Waals surface area contributed by atoms with E-state index >= 15 is 0 Å². The van der Waals surface area contributed by atoms with Gasteiger partial charge in [-0.2, -0.15) is 0 Å². The van der Waals surface area contributed by atoms with Gasteiger partial charge in [0.05, 0.1) is 37.6 Å². The van der Waals surface area contributed by atoms with E-state index in [-0.39, 0.29) is 37.4 Å². The molecule has 0 saturated carbocycles. The second kappa shape index (κ2) is 11.7. The molecular weight excluding hydrogens is 416 g/mol. The summed E-state index contributed by atoms with van der Waals surface area (Å²) in [6.45, 7) is 9.89. The number of carbonyl (C=O) groups is 4. The second-order valence-corrected chi connectivity index (χ2v) is 7.18. The largest absolute Gasteiger partial charge is 0.464 e. The highest BCUT2D eigenvalue weighted by Gasteiger charge is 2.60. The van der Waals surface area contributed by atoms with Crippen LogP contribution in [0.5, 0.6) is 0 Å². The molecule has 1 aromatic rings. The maximum absolute atomic E-state index is 13.2. The van der Waals surface area contributed by atoms with Crippen molar-refractivity contribution in [1.82, 2.24) is 9.80 Å². The Morgan fingerprint density at radius 2 is 1.38 bits per heavy atom. The summed E-state index contributed by atoms with van der Waals surface area (Å²) in [5.41, 5.74) is -2.02. The van der Waals surface area contributed by atoms with Gasteiger partial charge in [-0.3, -0.25) is 9.59 Å². The van der Waals surface area contributed by atoms with Crippen LogP contribution in [0.3, 0.4) is 0 Å². The van der Waals surface area contributed by atoms with Crippen molar-refractivity contribution in [2.45, 2.75) is 39.7 Å². The van der Waals surface area contributed by atoms with E-state index in [9.17, 15) is 19.2 Å². The first-order valence-electron chi connectivity index (χ1n) is 11.0. The number of fused-ring (bicyclic) bond motifs is 1. The Kier molecular flexibility index (Phi) is 9.34. The molecule has 9 heteroatoms. The van der Waals surface area contributed by atoms with Crippen LogP contribution in [0.25, 0.3) is 0 Å². The van der Waals surface area contributed by atoms with E-state index in [1.807, 2.05) is 13.8 Å². The number of ether oxygens (including phenoxy) is 3. The van der Waals surface area contributed by atoms with Gasteiger partial charge in [0.15, 0.2) is 0 Å². The van der Waals surface area contributed by atoms with Gasteiger partial charge in [-0.15, -0.1) is 0 Å². The first kappa shape index (κ1) is 25.5. The van der Waals surface area contributed by atoms with Crippen LogP contribution >= 0.6 is 0 Å². The van der Waals surface area contributed by atoms with Crippen molar-refractivity contribution in [3.8, 4) is 0 Å². The number of esters is 2. The van der Waals surface area contributed by atoms with E-state index in [0.717, 1.165) is 13.1 Å². The minimum atomic E-state index is -2.27. The molecule has 2 amide bonds. The first-order chi connectivity index (χ1) is 15.4. The third-order valence-electron chi connectivity index (χ3n) is 5.46. The van der Waals surface area contributed by atoms with Crippen LogP contribution in [0.2, 0.25) is 0 Å². The summed E-state index contributed by atoms with van der Waals surface area (Å²) >= 11 is 0. The lowest BCUT2D eigenvalue weighted by molar-refractivity contribution is -0.172. The van der Waals surface area contributed by atoms with Crippen LogP contribution in [-0.4, -0.2) is 85.2 Å². The summed E-state index contributed by atoms with van der Waals surface area (Å²) < 4.78 is 16.0. The zero-order valence-electron chi connectivity index (χ0n) is 19.2. The van der Waals surface area contributed by atoms with Crippen molar-refractivity contribution in [3.05, 3.63) is 35.4 Å². The van der Waals surface area contributed by atoms with Crippen molar-refractivity contribution in [2.24, 2.45) is 0 Å². The number of hydrogen-bond donors (Lipinski definition) is 0. The van der Waals surface area contributed by atoms with E-state index in [1.54, 1.807) is 26.0 Å². The third kappa shape index (κ3) is 4.99. The Labute approximate surface area is 188 Å². The molecule has 1 aliphatic rings. The zero-order chi connectivity index (χ0) is 23.7. The molecule has 1 heterocycles. The van der Waals surface area contributed by atoms with Gasteiger partial charge >= 0.3 is 11.9 Å². The van der Waals surface area contributed by atoms with Gasteiger partial charge in [0.25, 0.3) is 11.8 Å². The zero-order valence-corrected chi connectivity index (χ0v) is 19.2. The summed E-state index contributed by atoms with van der Waals surface area (Å²) in [5.74, 6) is -3.51. The Hall–Kier alpha value is -2.78. The predicted molar refractivity (Wildman–Crippen MR) is 116 cm³/mol. The van der Waals surface area contributed by atoms with Gasteiger partial charge < -0.3 is 19.1 Å². The molecule has 0 spiro atoms. The maximum atomic E-state index is 13.2. The van der Waals surface area contributed by atoms with Crippen molar-refractivity contribution >= 4 is 23.8 Å². The van der Waals surface area contributed by atoms with Gasteiger partial charge in [-0.1, -0.05) is 26.0 Å². The van der Waals surface area contributed by atoms with Crippen molar-refractivity contribution in [3.63, 3.8) is 0 Å². The van der Waals surface area contributed by atoms with E-state index in [0.29, 0.717) is 18.1 Å². The molecule has 2 rings (SSSR count). The molecule has 0 radical (unpaired) electrons. The molecule has 9 nitrogen and oxygen atoms in total. The van der Waals surface area contributed by atoms with Crippen LogP contribution in [0.4, 0.5) is 0 Å². The van der Waals surface area contributed by atoms with Crippen molar-refractivity contribution in [1.29, 1.82) is 0 Å². The van der Waals surface area contributed by atoms with Crippen LogP contribution < -0.4 is 0 Å². The smallest absolute Gasteiger partial charge is 0.344 e. The summed E-state index contributed by atoms with van der Waals surface area (Å²) in [6.07, 6.45) is -0.269. The summed E-state index contributed by atoms with van der Waals surface area (Å²) in [5, 5.41) is 0. The highest BCUT2D eigenvalue weighted by molar-refractivity contribution is 6.26. The second-order valence-electron chi connectivity index (χ2n) is 7.18. The molecular formula is C23H32N2O7. The van der Waals surface area contributed by atoms with E-state index in [1.165, 1.54) is 12.1 Å². The number of benzene rings is 1. The lowest BCUT2D eigenvalue weighted by Crippen LogP contribution is -2.64. The first-order valence-corrected chi connectivity index (χ1v) is 11.0. The molecule has 1 aromatic carbocycles. The van der Waals surface area contributed by atoms with Crippen molar-refractivity contribution < 1.29 is 33.4 Å². The molecule has 0 unspecified atom stereocenters. The molecule has 32 heavy (non-hydrogen) atoms. The molecule has 0 atom stereocenters. The number of likely N-dealkylation sites (N-methyl/N-ethyl adjacent to an activating group) is 1. The lowest BCUT2D eigenvalue weighted by atomic mass is 9.92. The van der Waals surface area contributed by atoms with E-state index < -0.39 is 29.3 Å². The molecule has 0 saturated heterocycles. The van der Waals surface area contributed by atoms with Gasteiger partial charge in [0, 0.05) is 13.0 Å². The van der Waals surface area contributed by atoms with Gasteiger partial charge in [0.1, 0.15) is 0 Å².